The van der Waals surface area contributed by atoms with Gasteiger partial charge in [0.05, 0.1) is 5.69 Å². The average Bonchev–Trinajstić information content (AvgIpc) is 2.52. The Bertz CT molecular complexity index is 477. The molecule has 1 saturated heterocycles. The number of rotatable bonds is 1. The van der Waals surface area contributed by atoms with Gasteiger partial charge in [-0.25, -0.2) is 9.69 Å². The van der Waals surface area contributed by atoms with Crippen molar-refractivity contribution in [3.05, 3.63) is 30.3 Å². The molecular weight excluding hydrogens is 216 g/mol. The molecule has 3 rings (SSSR count). The quantitative estimate of drug-likeness (QED) is 0.749. The van der Waals surface area contributed by atoms with E-state index in [1.165, 1.54) is 4.90 Å². The zero-order valence-corrected chi connectivity index (χ0v) is 9.64. The van der Waals surface area contributed by atoms with E-state index in [1.807, 2.05) is 18.2 Å². The molecule has 0 bridgehead atoms. The van der Waals surface area contributed by atoms with E-state index in [9.17, 15) is 9.59 Å². The zero-order chi connectivity index (χ0) is 12.0. The molecule has 0 unspecified atom stereocenters. The molecular formula is C13H14N2O2. The Balaban J connectivity index is 1.93. The van der Waals surface area contributed by atoms with Gasteiger partial charge in [0, 0.05) is 0 Å². The smallest absolute Gasteiger partial charge is 0.323 e. The number of hydrogen-bond acceptors (Lipinski definition) is 2. The second kappa shape index (κ2) is 3.32. The van der Waals surface area contributed by atoms with Gasteiger partial charge in [-0.05, 0) is 30.9 Å². The minimum atomic E-state index is -0.619. The third-order valence-corrected chi connectivity index (χ3v) is 3.57. The van der Waals surface area contributed by atoms with Gasteiger partial charge in [0.1, 0.15) is 5.54 Å². The summed E-state index contributed by atoms with van der Waals surface area (Å²) in [6, 6.07) is 8.77. The van der Waals surface area contributed by atoms with E-state index in [4.69, 9.17) is 0 Å². The largest absolute Gasteiger partial charge is 0.329 e. The van der Waals surface area contributed by atoms with Crippen LogP contribution in [0.5, 0.6) is 0 Å². The van der Waals surface area contributed by atoms with Crippen LogP contribution in [0.25, 0.3) is 0 Å². The molecule has 1 saturated carbocycles. The fourth-order valence-electron chi connectivity index (χ4n) is 2.84. The number of urea groups is 1. The zero-order valence-electron chi connectivity index (χ0n) is 9.64. The van der Waals surface area contributed by atoms with Crippen molar-refractivity contribution in [3.63, 3.8) is 0 Å². The maximum absolute atomic E-state index is 12.3. The van der Waals surface area contributed by atoms with Crippen molar-refractivity contribution in [3.8, 4) is 0 Å². The first-order chi connectivity index (χ1) is 8.12. The predicted octanol–water partition coefficient (Wildman–Crippen LogP) is 1.91. The third kappa shape index (κ3) is 1.37. The highest BCUT2D eigenvalue weighted by atomic mass is 16.2. The Labute approximate surface area is 99.6 Å². The van der Waals surface area contributed by atoms with Crippen molar-refractivity contribution >= 4 is 17.6 Å². The molecule has 0 aromatic heterocycles. The Morgan fingerprint density at radius 2 is 1.88 bits per heavy atom. The molecule has 1 aromatic rings. The van der Waals surface area contributed by atoms with Crippen LogP contribution in [0, 0.1) is 5.92 Å². The number of nitrogens with zero attached hydrogens (tertiary/aromatic N) is 1. The second-order valence-corrected chi connectivity index (χ2v) is 5.00. The lowest BCUT2D eigenvalue weighted by Crippen LogP contribution is -2.56. The van der Waals surface area contributed by atoms with E-state index < -0.39 is 5.54 Å². The summed E-state index contributed by atoms with van der Waals surface area (Å²) in [5, 5.41) is 2.83. The molecule has 0 atom stereocenters. The van der Waals surface area contributed by atoms with Crippen LogP contribution in [-0.2, 0) is 4.79 Å². The Morgan fingerprint density at radius 3 is 2.47 bits per heavy atom. The second-order valence-electron chi connectivity index (χ2n) is 5.00. The first-order valence-electron chi connectivity index (χ1n) is 5.84. The number of carbonyl (C=O) groups is 2. The summed E-state index contributed by atoms with van der Waals surface area (Å²) in [5.41, 5.74) is 0.0261. The Hall–Kier alpha value is -1.84. The molecule has 2 fully saturated rings. The number of para-hydroxylation sites is 1. The molecule has 3 amide bonds. The van der Waals surface area contributed by atoms with Gasteiger partial charge in [0.15, 0.2) is 0 Å². The molecule has 0 radical (unpaired) electrons. The lowest BCUT2D eigenvalue weighted by molar-refractivity contribution is -0.126. The molecule has 1 heterocycles. The van der Waals surface area contributed by atoms with Crippen molar-refractivity contribution in [2.75, 3.05) is 4.90 Å². The van der Waals surface area contributed by atoms with Gasteiger partial charge in [0.2, 0.25) is 0 Å². The molecule has 1 spiro atoms. The number of amides is 3. The van der Waals surface area contributed by atoms with Crippen molar-refractivity contribution < 1.29 is 9.59 Å². The Kier molecular flexibility index (Phi) is 2.02. The minimum absolute atomic E-state index is 0.105. The molecule has 1 aliphatic heterocycles. The van der Waals surface area contributed by atoms with Crippen LogP contribution in [0.1, 0.15) is 19.8 Å². The topological polar surface area (TPSA) is 49.4 Å². The highest BCUT2D eigenvalue weighted by Gasteiger charge is 2.57. The third-order valence-electron chi connectivity index (χ3n) is 3.57. The molecule has 88 valence electrons. The number of imide groups is 1. The lowest BCUT2D eigenvalue weighted by atomic mass is 9.69. The van der Waals surface area contributed by atoms with E-state index in [1.54, 1.807) is 12.1 Å². The van der Waals surface area contributed by atoms with Gasteiger partial charge in [-0.2, -0.15) is 0 Å². The predicted molar refractivity (Wildman–Crippen MR) is 63.6 cm³/mol. The lowest BCUT2D eigenvalue weighted by Gasteiger charge is -2.40. The van der Waals surface area contributed by atoms with Crippen LogP contribution in [0.2, 0.25) is 0 Å². The van der Waals surface area contributed by atoms with Gasteiger partial charge < -0.3 is 5.32 Å². The Morgan fingerprint density at radius 1 is 1.24 bits per heavy atom. The van der Waals surface area contributed by atoms with Crippen molar-refractivity contribution in [2.45, 2.75) is 25.3 Å². The van der Waals surface area contributed by atoms with Crippen LogP contribution >= 0.6 is 0 Å². The van der Waals surface area contributed by atoms with Gasteiger partial charge in [-0.3, -0.25) is 4.79 Å². The fraction of sp³-hybridized carbons (Fsp3) is 0.385. The summed E-state index contributed by atoms with van der Waals surface area (Å²) in [6.45, 7) is 2.09. The van der Waals surface area contributed by atoms with Crippen LogP contribution < -0.4 is 10.2 Å². The van der Waals surface area contributed by atoms with Crippen LogP contribution in [0.4, 0.5) is 10.5 Å². The first-order valence-corrected chi connectivity index (χ1v) is 5.84. The van der Waals surface area contributed by atoms with E-state index in [0.717, 1.165) is 12.8 Å². The standard InChI is InChI=1S/C13H14N2O2/c1-9-7-13(8-9)11(16)15(12(17)14-13)10-5-3-2-4-6-10/h2-6,9H,7-8H2,1H3,(H,14,17). The number of carbonyl (C=O) groups excluding carboxylic acids is 2. The van der Waals surface area contributed by atoms with E-state index >= 15 is 0 Å². The highest BCUT2D eigenvalue weighted by molar-refractivity contribution is 6.23. The summed E-state index contributed by atoms with van der Waals surface area (Å²) in [6.07, 6.45) is 1.50. The van der Waals surface area contributed by atoms with Crippen molar-refractivity contribution in [2.24, 2.45) is 5.92 Å². The van der Waals surface area contributed by atoms with Gasteiger partial charge in [-0.1, -0.05) is 25.1 Å². The van der Waals surface area contributed by atoms with E-state index in [0.29, 0.717) is 11.6 Å². The first kappa shape index (κ1) is 10.3. The maximum Gasteiger partial charge on any atom is 0.329 e. The van der Waals surface area contributed by atoms with Gasteiger partial charge in [-0.15, -0.1) is 0 Å². The van der Waals surface area contributed by atoms with E-state index in [-0.39, 0.29) is 11.9 Å². The van der Waals surface area contributed by atoms with Crippen molar-refractivity contribution in [1.82, 2.24) is 5.32 Å². The fourth-order valence-corrected chi connectivity index (χ4v) is 2.84. The van der Waals surface area contributed by atoms with Crippen LogP contribution in [0.15, 0.2) is 30.3 Å². The number of anilines is 1. The molecule has 1 aromatic carbocycles. The maximum atomic E-state index is 12.3. The number of benzene rings is 1. The monoisotopic (exact) mass is 230 g/mol. The van der Waals surface area contributed by atoms with Crippen molar-refractivity contribution in [1.29, 1.82) is 0 Å². The van der Waals surface area contributed by atoms with Gasteiger partial charge >= 0.3 is 6.03 Å². The molecule has 17 heavy (non-hydrogen) atoms. The van der Waals surface area contributed by atoms with Crippen LogP contribution in [0.3, 0.4) is 0 Å². The SMILES string of the molecule is CC1CC2(C1)NC(=O)N(c1ccccc1)C2=O. The van der Waals surface area contributed by atoms with Gasteiger partial charge in [0.25, 0.3) is 5.91 Å². The highest BCUT2D eigenvalue weighted by Crippen LogP contribution is 2.42. The summed E-state index contributed by atoms with van der Waals surface area (Å²) in [4.78, 5) is 25.5. The molecule has 4 nitrogen and oxygen atoms in total. The minimum Gasteiger partial charge on any atom is -0.323 e. The molecule has 1 N–H and O–H groups in total. The number of nitrogens with one attached hydrogen (secondary N) is 1. The summed E-state index contributed by atoms with van der Waals surface area (Å²) < 4.78 is 0. The normalized spacial score (nSPS) is 31.6. The number of hydrogen-bond donors (Lipinski definition) is 1. The van der Waals surface area contributed by atoms with E-state index in [2.05, 4.69) is 12.2 Å². The molecule has 2 aliphatic rings. The molecule has 4 heteroatoms. The van der Waals surface area contributed by atoms with Crippen LogP contribution in [-0.4, -0.2) is 17.5 Å². The summed E-state index contributed by atoms with van der Waals surface area (Å²) in [7, 11) is 0. The average molecular weight is 230 g/mol. The summed E-state index contributed by atoms with van der Waals surface area (Å²) in [5.74, 6) is 0.404. The summed E-state index contributed by atoms with van der Waals surface area (Å²) >= 11 is 0. The molecule has 1 aliphatic carbocycles.